The van der Waals surface area contributed by atoms with E-state index in [0.717, 1.165) is 0 Å². The first kappa shape index (κ1) is 19.3. The molecule has 1 aliphatic heterocycles. The molecule has 1 saturated heterocycles. The normalized spacial score (nSPS) is 21.2. The molecule has 0 radical (unpaired) electrons. The summed E-state index contributed by atoms with van der Waals surface area (Å²) in [6, 6.07) is 8.67. The van der Waals surface area contributed by atoms with Gasteiger partial charge in [0.15, 0.2) is 17.0 Å². The van der Waals surface area contributed by atoms with Crippen LogP contribution in [0.15, 0.2) is 43.0 Å². The summed E-state index contributed by atoms with van der Waals surface area (Å²) in [7, 11) is 0. The van der Waals surface area contributed by atoms with Gasteiger partial charge in [-0.25, -0.2) is 19.7 Å². The predicted molar refractivity (Wildman–Crippen MR) is 101 cm³/mol. The van der Waals surface area contributed by atoms with Gasteiger partial charge in [-0.3, -0.25) is 9.36 Å². The first-order valence-corrected chi connectivity index (χ1v) is 9.28. The van der Waals surface area contributed by atoms with Crippen molar-refractivity contribution in [3.05, 3.63) is 53.7 Å². The van der Waals surface area contributed by atoms with Crippen molar-refractivity contribution in [2.75, 3.05) is 6.61 Å². The zero-order valence-corrected chi connectivity index (χ0v) is 16.2. The number of hydrogen-bond donors (Lipinski definition) is 0. The van der Waals surface area contributed by atoms with E-state index >= 15 is 0 Å². The van der Waals surface area contributed by atoms with Crippen LogP contribution in [0.25, 0.3) is 11.2 Å². The second-order valence-electron chi connectivity index (χ2n) is 6.49. The van der Waals surface area contributed by atoms with Gasteiger partial charge in [0.2, 0.25) is 0 Å². The molecule has 1 aromatic carbocycles. The molecule has 0 amide bonds. The number of hydrogen-bond acceptors (Lipinski definition) is 8. The summed E-state index contributed by atoms with van der Waals surface area (Å²) in [5, 5.41) is 0.212. The number of aromatic nitrogens is 4. The van der Waals surface area contributed by atoms with Crippen molar-refractivity contribution >= 4 is 34.7 Å². The minimum absolute atomic E-state index is 0.0182. The molecule has 1 fully saturated rings. The number of benzene rings is 1. The van der Waals surface area contributed by atoms with Crippen molar-refractivity contribution in [2.24, 2.45) is 0 Å². The fourth-order valence-electron chi connectivity index (χ4n) is 3.22. The van der Waals surface area contributed by atoms with Crippen LogP contribution >= 0.6 is 11.6 Å². The summed E-state index contributed by atoms with van der Waals surface area (Å²) < 4.78 is 18.4. The number of nitrogens with zero attached hydrogens (tertiary/aromatic N) is 4. The highest BCUT2D eigenvalue weighted by Gasteiger charge is 2.40. The Morgan fingerprint density at radius 2 is 2.03 bits per heavy atom. The maximum absolute atomic E-state index is 12.2. The maximum atomic E-state index is 12.2. The Labute approximate surface area is 170 Å². The van der Waals surface area contributed by atoms with Gasteiger partial charge in [-0.2, -0.15) is 0 Å². The van der Waals surface area contributed by atoms with Crippen molar-refractivity contribution < 1.29 is 23.8 Å². The SMILES string of the molecule is CC(=O)OC1CC(COC(=O)c2ccccc2)OC1n1cnc2c(Cl)ncnc21. The first-order valence-electron chi connectivity index (χ1n) is 8.91. The molecule has 0 aliphatic carbocycles. The largest absolute Gasteiger partial charge is 0.459 e. The Morgan fingerprint density at radius 1 is 1.24 bits per heavy atom. The topological polar surface area (TPSA) is 105 Å². The molecule has 0 bridgehead atoms. The first-order chi connectivity index (χ1) is 14.0. The van der Waals surface area contributed by atoms with Gasteiger partial charge >= 0.3 is 11.9 Å². The fourth-order valence-corrected chi connectivity index (χ4v) is 3.40. The number of halogens is 1. The second-order valence-corrected chi connectivity index (χ2v) is 6.84. The molecule has 2 aromatic heterocycles. The number of esters is 2. The van der Waals surface area contributed by atoms with Crippen molar-refractivity contribution in [1.82, 2.24) is 19.5 Å². The van der Waals surface area contributed by atoms with E-state index in [1.165, 1.54) is 19.6 Å². The lowest BCUT2D eigenvalue weighted by Crippen LogP contribution is -2.24. The maximum Gasteiger partial charge on any atom is 0.338 e. The van der Waals surface area contributed by atoms with E-state index in [-0.39, 0.29) is 11.8 Å². The van der Waals surface area contributed by atoms with Gasteiger partial charge in [0.25, 0.3) is 0 Å². The molecular weight excluding hydrogens is 400 g/mol. The van der Waals surface area contributed by atoms with Crippen molar-refractivity contribution in [3.63, 3.8) is 0 Å². The molecule has 1 aliphatic rings. The summed E-state index contributed by atoms with van der Waals surface area (Å²) in [6.45, 7) is 1.34. The molecule has 0 N–H and O–H groups in total. The molecule has 4 rings (SSSR count). The van der Waals surface area contributed by atoms with Gasteiger partial charge in [-0.05, 0) is 12.1 Å². The van der Waals surface area contributed by atoms with Crippen LogP contribution in [0.1, 0.15) is 29.9 Å². The summed E-state index contributed by atoms with van der Waals surface area (Å²) in [4.78, 5) is 36.0. The lowest BCUT2D eigenvalue weighted by atomic mass is 10.2. The molecule has 0 saturated carbocycles. The molecule has 150 valence electrons. The van der Waals surface area contributed by atoms with E-state index in [4.69, 9.17) is 25.8 Å². The van der Waals surface area contributed by atoms with Crippen LogP contribution in [-0.2, 0) is 19.0 Å². The van der Waals surface area contributed by atoms with Gasteiger partial charge in [0, 0.05) is 13.3 Å². The lowest BCUT2D eigenvalue weighted by Gasteiger charge is -2.19. The molecule has 29 heavy (non-hydrogen) atoms. The van der Waals surface area contributed by atoms with Gasteiger partial charge < -0.3 is 14.2 Å². The van der Waals surface area contributed by atoms with E-state index in [1.54, 1.807) is 28.8 Å². The minimum Gasteiger partial charge on any atom is -0.459 e. The molecule has 3 aromatic rings. The number of carbonyl (C=O) groups excluding carboxylic acids is 2. The third-order valence-electron chi connectivity index (χ3n) is 4.46. The van der Waals surface area contributed by atoms with Crippen molar-refractivity contribution in [1.29, 1.82) is 0 Å². The number of imidazole rings is 1. The summed E-state index contributed by atoms with van der Waals surface area (Å²) in [5.41, 5.74) is 1.32. The van der Waals surface area contributed by atoms with Crippen molar-refractivity contribution in [2.45, 2.75) is 31.8 Å². The van der Waals surface area contributed by atoms with Crippen LogP contribution in [-0.4, -0.2) is 50.3 Å². The zero-order valence-electron chi connectivity index (χ0n) is 15.4. The Balaban J connectivity index is 1.51. The Kier molecular flexibility index (Phi) is 5.41. The van der Waals surface area contributed by atoms with E-state index in [1.807, 2.05) is 6.07 Å². The van der Waals surface area contributed by atoms with E-state index < -0.39 is 30.4 Å². The van der Waals surface area contributed by atoms with Crippen LogP contribution < -0.4 is 0 Å². The summed E-state index contributed by atoms with van der Waals surface area (Å²) in [6.07, 6.45) is 1.42. The second kappa shape index (κ2) is 8.14. The van der Waals surface area contributed by atoms with E-state index in [2.05, 4.69) is 15.0 Å². The number of rotatable bonds is 5. The van der Waals surface area contributed by atoms with Crippen molar-refractivity contribution in [3.8, 4) is 0 Å². The van der Waals surface area contributed by atoms with Crippen LogP contribution in [0, 0.1) is 0 Å². The standard InChI is InChI=1S/C19H17ClN4O5/c1-11(25)28-14-7-13(8-27-19(26)12-5-3-2-4-6-12)29-18(14)24-10-23-15-16(20)21-9-22-17(15)24/h2-6,9-10,13-14,18H,7-8H2,1H3. The zero-order chi connectivity index (χ0) is 20.4. The van der Waals surface area contributed by atoms with E-state index in [9.17, 15) is 9.59 Å². The molecule has 3 atom stereocenters. The predicted octanol–water partition coefficient (Wildman–Crippen LogP) is 2.56. The average Bonchev–Trinajstić information content (AvgIpc) is 3.31. The summed E-state index contributed by atoms with van der Waals surface area (Å²) >= 11 is 6.06. The highest BCUT2D eigenvalue weighted by Crippen LogP contribution is 2.34. The fraction of sp³-hybridized carbons (Fsp3) is 0.316. The molecule has 10 heteroatoms. The molecule has 3 unspecified atom stereocenters. The average molecular weight is 417 g/mol. The third kappa shape index (κ3) is 4.06. The highest BCUT2D eigenvalue weighted by molar-refractivity contribution is 6.33. The van der Waals surface area contributed by atoms with Crippen LogP contribution in [0.3, 0.4) is 0 Å². The number of ether oxygens (including phenoxy) is 3. The Hall–Kier alpha value is -3.04. The van der Waals surface area contributed by atoms with Gasteiger partial charge in [-0.15, -0.1) is 0 Å². The summed E-state index contributed by atoms with van der Waals surface area (Å²) in [5.74, 6) is -0.892. The highest BCUT2D eigenvalue weighted by atomic mass is 35.5. The quantitative estimate of drug-likeness (QED) is 0.461. The Bertz CT molecular complexity index is 1040. The van der Waals surface area contributed by atoms with E-state index in [0.29, 0.717) is 23.1 Å². The van der Waals surface area contributed by atoms with Crippen LogP contribution in [0.5, 0.6) is 0 Å². The van der Waals surface area contributed by atoms with Crippen LogP contribution in [0.2, 0.25) is 5.15 Å². The number of carbonyl (C=O) groups is 2. The monoisotopic (exact) mass is 416 g/mol. The van der Waals surface area contributed by atoms with Crippen LogP contribution in [0.4, 0.5) is 0 Å². The molecule has 0 spiro atoms. The number of fused-ring (bicyclic) bond motifs is 1. The Morgan fingerprint density at radius 3 is 2.79 bits per heavy atom. The lowest BCUT2D eigenvalue weighted by molar-refractivity contribution is -0.152. The third-order valence-corrected chi connectivity index (χ3v) is 4.74. The molecular formula is C19H17ClN4O5. The molecule has 9 nitrogen and oxygen atoms in total. The van der Waals surface area contributed by atoms with Gasteiger partial charge in [0.05, 0.1) is 18.0 Å². The smallest absolute Gasteiger partial charge is 0.338 e. The van der Waals surface area contributed by atoms with Gasteiger partial charge in [0.1, 0.15) is 24.6 Å². The minimum atomic E-state index is -0.685. The molecule has 3 heterocycles. The van der Waals surface area contributed by atoms with Gasteiger partial charge in [-0.1, -0.05) is 29.8 Å².